The number of hydrogen-bond acceptors (Lipinski definition) is 4. The number of amides is 1. The van der Waals surface area contributed by atoms with E-state index >= 15 is 0 Å². The molecule has 0 aliphatic heterocycles. The zero-order valence-electron chi connectivity index (χ0n) is 13.1. The molecule has 0 saturated carbocycles. The molecule has 1 atom stereocenters. The van der Waals surface area contributed by atoms with Crippen LogP contribution in [-0.2, 0) is 4.79 Å². The van der Waals surface area contributed by atoms with Crippen LogP contribution in [-0.4, -0.2) is 25.7 Å². The number of ether oxygens (including phenoxy) is 2. The highest BCUT2D eigenvalue weighted by Gasteiger charge is 2.18. The minimum atomic E-state index is -0.180. The van der Waals surface area contributed by atoms with Crippen LogP contribution in [0, 0.1) is 5.92 Å². The van der Waals surface area contributed by atoms with Gasteiger partial charge in [0.15, 0.2) is 0 Å². The van der Waals surface area contributed by atoms with Crippen LogP contribution in [0.15, 0.2) is 18.2 Å². The summed E-state index contributed by atoms with van der Waals surface area (Å²) in [6.45, 7) is 7.31. The first-order chi connectivity index (χ1) is 10.2. The molecule has 0 bridgehead atoms. The number of benzene rings is 1. The third kappa shape index (κ3) is 5.27. The third-order valence-electron chi connectivity index (χ3n) is 3.11. The first-order valence-electron chi connectivity index (χ1n) is 7.56. The lowest BCUT2D eigenvalue weighted by atomic mass is 10.0. The van der Waals surface area contributed by atoms with Crippen molar-refractivity contribution >= 4 is 11.6 Å². The number of carbonyl (C=O) groups excluding carboxylic acids is 1. The van der Waals surface area contributed by atoms with Crippen molar-refractivity contribution in [3.63, 3.8) is 0 Å². The average Bonchev–Trinajstić information content (AvgIpc) is 2.47. The van der Waals surface area contributed by atoms with Crippen LogP contribution in [0.2, 0.25) is 0 Å². The van der Waals surface area contributed by atoms with Gasteiger partial charge in [0.2, 0.25) is 5.91 Å². The number of hydrogen-bond donors (Lipinski definition) is 2. The Kier molecular flexibility index (Phi) is 7.61. The molecule has 1 amide bonds. The Bertz CT molecular complexity index is 449. The maximum atomic E-state index is 12.3. The minimum Gasteiger partial charge on any atom is -0.494 e. The first kappa shape index (κ1) is 17.3. The number of anilines is 1. The topological polar surface area (TPSA) is 73.6 Å². The van der Waals surface area contributed by atoms with Crippen LogP contribution in [0.4, 0.5) is 5.69 Å². The van der Waals surface area contributed by atoms with Gasteiger partial charge < -0.3 is 20.5 Å². The molecule has 0 spiro atoms. The Labute approximate surface area is 126 Å². The molecule has 1 aromatic rings. The molecule has 21 heavy (non-hydrogen) atoms. The molecule has 1 rings (SSSR count). The van der Waals surface area contributed by atoms with Crippen LogP contribution < -0.4 is 20.5 Å². The number of rotatable bonds is 9. The van der Waals surface area contributed by atoms with E-state index in [4.69, 9.17) is 15.2 Å². The Morgan fingerprint density at radius 2 is 1.95 bits per heavy atom. The molecule has 0 fully saturated rings. The predicted molar refractivity (Wildman–Crippen MR) is 84.9 cm³/mol. The summed E-state index contributed by atoms with van der Waals surface area (Å²) < 4.78 is 11.0. The zero-order valence-corrected chi connectivity index (χ0v) is 13.1. The Morgan fingerprint density at radius 1 is 1.24 bits per heavy atom. The van der Waals surface area contributed by atoms with Gasteiger partial charge in [-0.25, -0.2) is 0 Å². The molecular weight excluding hydrogens is 268 g/mol. The van der Waals surface area contributed by atoms with Crippen molar-refractivity contribution in [1.29, 1.82) is 0 Å². The fourth-order valence-electron chi connectivity index (χ4n) is 2.08. The highest BCUT2D eigenvalue weighted by Crippen LogP contribution is 2.30. The van der Waals surface area contributed by atoms with Gasteiger partial charge in [-0.3, -0.25) is 4.79 Å². The number of nitrogens with one attached hydrogen (secondary N) is 1. The SMILES string of the molecule is CCCC(CN)C(=O)Nc1cc(OCC)ccc1OCC. The van der Waals surface area contributed by atoms with E-state index in [2.05, 4.69) is 5.32 Å². The number of carbonyl (C=O) groups is 1. The molecule has 0 aliphatic carbocycles. The Morgan fingerprint density at radius 3 is 2.52 bits per heavy atom. The Balaban J connectivity index is 2.91. The molecule has 0 saturated heterocycles. The van der Waals surface area contributed by atoms with Gasteiger partial charge in [-0.2, -0.15) is 0 Å². The van der Waals surface area contributed by atoms with Crippen molar-refractivity contribution < 1.29 is 14.3 Å². The first-order valence-corrected chi connectivity index (χ1v) is 7.56. The lowest BCUT2D eigenvalue weighted by Gasteiger charge is -2.17. The van der Waals surface area contributed by atoms with E-state index in [1.54, 1.807) is 12.1 Å². The van der Waals surface area contributed by atoms with Crippen molar-refractivity contribution in [1.82, 2.24) is 0 Å². The maximum absolute atomic E-state index is 12.3. The molecule has 0 heterocycles. The van der Waals surface area contributed by atoms with Gasteiger partial charge >= 0.3 is 0 Å². The molecule has 3 N–H and O–H groups in total. The minimum absolute atomic E-state index is 0.0750. The summed E-state index contributed by atoms with van der Waals surface area (Å²) in [5, 5.41) is 2.91. The lowest BCUT2D eigenvalue weighted by Crippen LogP contribution is -2.29. The van der Waals surface area contributed by atoms with Gasteiger partial charge in [-0.05, 0) is 32.4 Å². The number of nitrogens with two attached hydrogens (primary N) is 1. The van der Waals surface area contributed by atoms with Gasteiger partial charge in [-0.1, -0.05) is 13.3 Å². The molecule has 5 heteroatoms. The van der Waals surface area contributed by atoms with Crippen LogP contribution >= 0.6 is 0 Å². The summed E-state index contributed by atoms with van der Waals surface area (Å²) in [5.41, 5.74) is 6.30. The fraction of sp³-hybridized carbons (Fsp3) is 0.562. The van der Waals surface area contributed by atoms with Crippen molar-refractivity contribution in [3.8, 4) is 11.5 Å². The van der Waals surface area contributed by atoms with E-state index in [1.165, 1.54) is 0 Å². The van der Waals surface area contributed by atoms with E-state index < -0.39 is 0 Å². The van der Waals surface area contributed by atoms with Gasteiger partial charge in [0.25, 0.3) is 0 Å². The van der Waals surface area contributed by atoms with E-state index in [0.717, 1.165) is 12.8 Å². The smallest absolute Gasteiger partial charge is 0.228 e. The standard InChI is InChI=1S/C16H26N2O3/c1-4-7-12(11-17)16(19)18-14-10-13(20-5-2)8-9-15(14)21-6-3/h8-10,12H,4-7,11,17H2,1-3H3,(H,18,19). The van der Waals surface area contributed by atoms with Crippen LogP contribution in [0.5, 0.6) is 11.5 Å². The van der Waals surface area contributed by atoms with Crippen LogP contribution in [0.1, 0.15) is 33.6 Å². The summed E-state index contributed by atoms with van der Waals surface area (Å²) in [7, 11) is 0. The highest BCUT2D eigenvalue weighted by molar-refractivity contribution is 5.94. The van der Waals surface area contributed by atoms with E-state index in [-0.39, 0.29) is 11.8 Å². The highest BCUT2D eigenvalue weighted by atomic mass is 16.5. The normalized spacial score (nSPS) is 11.8. The van der Waals surface area contributed by atoms with Crippen molar-refractivity contribution in [2.75, 3.05) is 25.1 Å². The van der Waals surface area contributed by atoms with Crippen LogP contribution in [0.3, 0.4) is 0 Å². The second-order valence-electron chi connectivity index (χ2n) is 4.73. The summed E-state index contributed by atoms with van der Waals surface area (Å²) in [5.74, 6) is 1.09. The summed E-state index contributed by atoms with van der Waals surface area (Å²) in [4.78, 5) is 12.3. The molecule has 5 nitrogen and oxygen atoms in total. The van der Waals surface area contributed by atoms with Crippen LogP contribution in [0.25, 0.3) is 0 Å². The van der Waals surface area contributed by atoms with Crippen molar-refractivity contribution in [2.24, 2.45) is 11.7 Å². The quantitative estimate of drug-likeness (QED) is 0.734. The largest absolute Gasteiger partial charge is 0.494 e. The maximum Gasteiger partial charge on any atom is 0.228 e. The van der Waals surface area contributed by atoms with Gasteiger partial charge in [0, 0.05) is 12.6 Å². The Hall–Kier alpha value is -1.75. The second-order valence-corrected chi connectivity index (χ2v) is 4.73. The van der Waals surface area contributed by atoms with E-state index in [9.17, 15) is 4.79 Å². The molecule has 118 valence electrons. The summed E-state index contributed by atoms with van der Waals surface area (Å²) in [6, 6.07) is 5.42. The molecule has 1 unspecified atom stereocenters. The molecular formula is C16H26N2O3. The molecule has 0 aromatic heterocycles. The summed E-state index contributed by atoms with van der Waals surface area (Å²) in [6.07, 6.45) is 1.70. The zero-order chi connectivity index (χ0) is 15.7. The fourth-order valence-corrected chi connectivity index (χ4v) is 2.08. The van der Waals surface area contributed by atoms with E-state index in [1.807, 2.05) is 26.8 Å². The van der Waals surface area contributed by atoms with Gasteiger partial charge in [-0.15, -0.1) is 0 Å². The molecule has 0 aliphatic rings. The predicted octanol–water partition coefficient (Wildman–Crippen LogP) is 2.80. The van der Waals surface area contributed by atoms with Crippen molar-refractivity contribution in [2.45, 2.75) is 33.6 Å². The lowest BCUT2D eigenvalue weighted by molar-refractivity contribution is -0.119. The van der Waals surface area contributed by atoms with Gasteiger partial charge in [0.05, 0.1) is 24.8 Å². The summed E-state index contributed by atoms with van der Waals surface area (Å²) >= 11 is 0. The van der Waals surface area contributed by atoms with E-state index in [0.29, 0.717) is 36.9 Å². The monoisotopic (exact) mass is 294 g/mol. The third-order valence-corrected chi connectivity index (χ3v) is 3.11. The molecule has 1 aromatic carbocycles. The van der Waals surface area contributed by atoms with Gasteiger partial charge in [0.1, 0.15) is 11.5 Å². The second kappa shape index (κ2) is 9.23. The van der Waals surface area contributed by atoms with Crippen molar-refractivity contribution in [3.05, 3.63) is 18.2 Å². The average molecular weight is 294 g/mol. The molecule has 0 radical (unpaired) electrons.